The Morgan fingerprint density at radius 1 is 1.33 bits per heavy atom. The first kappa shape index (κ1) is 10.1. The molecule has 3 nitrogen and oxygen atoms in total. The topological polar surface area (TPSA) is 46.0 Å². The van der Waals surface area contributed by atoms with Crippen LogP contribution in [0.1, 0.15) is 5.56 Å². The van der Waals surface area contributed by atoms with E-state index in [9.17, 15) is 18.0 Å². The standard InChI is InChI=1S/C8H3ClF3NO2/c9-3-1-4(8(10,11)12)6-5(2-3)13-7(14)15-6/h1-2H,(H,13,14). The summed E-state index contributed by atoms with van der Waals surface area (Å²) < 4.78 is 41.8. The molecule has 1 aromatic heterocycles. The number of hydrogen-bond donors (Lipinski definition) is 1. The predicted molar refractivity (Wildman–Crippen MR) is 46.8 cm³/mol. The Kier molecular flexibility index (Phi) is 2.04. The van der Waals surface area contributed by atoms with Crippen molar-refractivity contribution in [3.05, 3.63) is 33.3 Å². The van der Waals surface area contributed by atoms with E-state index in [1.807, 2.05) is 0 Å². The predicted octanol–water partition coefficient (Wildman–Crippen LogP) is 2.79. The van der Waals surface area contributed by atoms with Gasteiger partial charge in [-0.25, -0.2) is 4.79 Å². The molecule has 0 radical (unpaired) electrons. The van der Waals surface area contributed by atoms with Crippen LogP contribution in [0.25, 0.3) is 11.1 Å². The molecule has 0 spiro atoms. The van der Waals surface area contributed by atoms with Crippen LogP contribution >= 0.6 is 11.6 Å². The lowest BCUT2D eigenvalue weighted by Gasteiger charge is -2.06. The molecule has 1 heterocycles. The summed E-state index contributed by atoms with van der Waals surface area (Å²) >= 11 is 5.48. The molecular formula is C8H3ClF3NO2. The number of alkyl halides is 3. The molecule has 0 aliphatic rings. The van der Waals surface area contributed by atoms with E-state index in [0.29, 0.717) is 6.07 Å². The van der Waals surface area contributed by atoms with E-state index < -0.39 is 23.1 Å². The molecule has 7 heteroatoms. The van der Waals surface area contributed by atoms with E-state index in [2.05, 4.69) is 9.40 Å². The molecule has 0 aliphatic heterocycles. The first-order valence-corrected chi connectivity index (χ1v) is 4.15. The van der Waals surface area contributed by atoms with E-state index in [-0.39, 0.29) is 10.5 Å². The van der Waals surface area contributed by atoms with Crippen LogP contribution in [0.5, 0.6) is 0 Å². The summed E-state index contributed by atoms with van der Waals surface area (Å²) in [5.41, 5.74) is -1.67. The van der Waals surface area contributed by atoms with E-state index in [4.69, 9.17) is 11.6 Å². The fraction of sp³-hybridized carbons (Fsp3) is 0.125. The van der Waals surface area contributed by atoms with Crippen LogP contribution in [-0.4, -0.2) is 4.98 Å². The van der Waals surface area contributed by atoms with Crippen molar-refractivity contribution in [1.29, 1.82) is 0 Å². The molecule has 2 aromatic rings. The second-order valence-electron chi connectivity index (χ2n) is 2.84. The van der Waals surface area contributed by atoms with Crippen LogP contribution in [0.3, 0.4) is 0 Å². The van der Waals surface area contributed by atoms with Crippen LogP contribution in [0.4, 0.5) is 13.2 Å². The van der Waals surface area contributed by atoms with Crippen molar-refractivity contribution in [2.75, 3.05) is 0 Å². The maximum atomic E-state index is 12.5. The van der Waals surface area contributed by atoms with Crippen molar-refractivity contribution in [3.63, 3.8) is 0 Å². The number of oxazole rings is 1. The third kappa shape index (κ3) is 1.72. The molecule has 0 unspecified atom stereocenters. The molecule has 1 N–H and O–H groups in total. The summed E-state index contributed by atoms with van der Waals surface area (Å²) in [5, 5.41) is -0.119. The van der Waals surface area contributed by atoms with Crippen molar-refractivity contribution in [1.82, 2.24) is 4.98 Å². The Hall–Kier alpha value is -1.43. The van der Waals surface area contributed by atoms with Gasteiger partial charge in [0, 0.05) is 5.02 Å². The highest BCUT2D eigenvalue weighted by atomic mass is 35.5. The second-order valence-corrected chi connectivity index (χ2v) is 3.28. The lowest BCUT2D eigenvalue weighted by Crippen LogP contribution is -2.05. The zero-order valence-electron chi connectivity index (χ0n) is 6.98. The van der Waals surface area contributed by atoms with Gasteiger partial charge in [0.1, 0.15) is 5.56 Å². The van der Waals surface area contributed by atoms with Gasteiger partial charge < -0.3 is 4.42 Å². The Balaban J connectivity index is 2.88. The van der Waals surface area contributed by atoms with Gasteiger partial charge in [0.15, 0.2) is 5.58 Å². The number of benzene rings is 1. The van der Waals surface area contributed by atoms with Crippen molar-refractivity contribution in [2.24, 2.45) is 0 Å². The van der Waals surface area contributed by atoms with Gasteiger partial charge in [-0.3, -0.25) is 4.98 Å². The highest BCUT2D eigenvalue weighted by molar-refractivity contribution is 6.31. The molecule has 0 saturated heterocycles. The quantitative estimate of drug-likeness (QED) is 0.766. The summed E-state index contributed by atoms with van der Waals surface area (Å²) in [6, 6.07) is 1.90. The number of hydrogen-bond acceptors (Lipinski definition) is 2. The minimum absolute atomic E-state index is 0.0696. The molecule has 0 amide bonds. The van der Waals surface area contributed by atoms with Crippen LogP contribution < -0.4 is 5.76 Å². The maximum absolute atomic E-state index is 12.5. The molecule has 0 aliphatic carbocycles. The Morgan fingerprint density at radius 2 is 2.00 bits per heavy atom. The number of halogens is 4. The zero-order chi connectivity index (χ0) is 11.2. The molecule has 0 fully saturated rings. The highest BCUT2D eigenvalue weighted by Gasteiger charge is 2.35. The Morgan fingerprint density at radius 3 is 2.60 bits per heavy atom. The fourth-order valence-electron chi connectivity index (χ4n) is 1.24. The SMILES string of the molecule is O=c1[nH]c2cc(Cl)cc(C(F)(F)F)c2o1. The number of aromatic amines is 1. The average molecular weight is 238 g/mol. The first-order chi connectivity index (χ1) is 6.88. The number of rotatable bonds is 0. The largest absolute Gasteiger partial charge is 0.420 e. The molecule has 0 saturated carbocycles. The van der Waals surface area contributed by atoms with Gasteiger partial charge in [-0.2, -0.15) is 13.2 Å². The van der Waals surface area contributed by atoms with Gasteiger partial charge in [0.05, 0.1) is 5.52 Å². The van der Waals surface area contributed by atoms with E-state index in [1.54, 1.807) is 0 Å². The molecule has 1 aromatic carbocycles. The maximum Gasteiger partial charge on any atom is 0.420 e. The average Bonchev–Trinajstić information content (AvgIpc) is 2.41. The summed E-state index contributed by atoms with van der Waals surface area (Å²) in [5.74, 6) is -0.947. The van der Waals surface area contributed by atoms with E-state index in [1.165, 1.54) is 6.07 Å². The number of nitrogens with one attached hydrogen (secondary N) is 1. The third-order valence-corrected chi connectivity index (χ3v) is 2.01. The van der Waals surface area contributed by atoms with Gasteiger partial charge in [-0.1, -0.05) is 11.6 Å². The zero-order valence-corrected chi connectivity index (χ0v) is 7.74. The molecular weight excluding hydrogens is 235 g/mol. The van der Waals surface area contributed by atoms with Gasteiger partial charge in [0.25, 0.3) is 0 Å². The van der Waals surface area contributed by atoms with Crippen molar-refractivity contribution in [3.8, 4) is 0 Å². The van der Waals surface area contributed by atoms with E-state index in [0.717, 1.165) is 0 Å². The normalized spacial score (nSPS) is 12.3. The van der Waals surface area contributed by atoms with Crippen molar-refractivity contribution in [2.45, 2.75) is 6.18 Å². The smallest absolute Gasteiger partial charge is 0.407 e. The summed E-state index contributed by atoms with van der Waals surface area (Å²) in [7, 11) is 0. The number of fused-ring (bicyclic) bond motifs is 1. The molecule has 2 rings (SSSR count). The van der Waals surface area contributed by atoms with Crippen LogP contribution in [0, 0.1) is 0 Å². The lowest BCUT2D eigenvalue weighted by atomic mass is 10.2. The minimum Gasteiger partial charge on any atom is -0.407 e. The lowest BCUT2D eigenvalue weighted by molar-refractivity contribution is -0.136. The van der Waals surface area contributed by atoms with Crippen LogP contribution in [0.2, 0.25) is 5.02 Å². The monoisotopic (exact) mass is 237 g/mol. The summed E-state index contributed by atoms with van der Waals surface area (Å²) in [4.78, 5) is 12.9. The highest BCUT2D eigenvalue weighted by Crippen LogP contribution is 2.35. The minimum atomic E-state index is -4.61. The molecule has 0 bridgehead atoms. The summed E-state index contributed by atoms with van der Waals surface area (Å²) in [6.07, 6.45) is -4.61. The first-order valence-electron chi connectivity index (χ1n) is 3.77. The van der Waals surface area contributed by atoms with Crippen LogP contribution in [0.15, 0.2) is 21.3 Å². The van der Waals surface area contributed by atoms with E-state index >= 15 is 0 Å². The second kappa shape index (κ2) is 3.03. The van der Waals surface area contributed by atoms with Gasteiger partial charge >= 0.3 is 11.9 Å². The molecule has 80 valence electrons. The Bertz CT molecular complexity index is 569. The van der Waals surface area contributed by atoms with Crippen molar-refractivity contribution >= 4 is 22.7 Å². The number of H-pyrrole nitrogens is 1. The molecule has 0 atom stereocenters. The summed E-state index contributed by atoms with van der Waals surface area (Å²) in [6.45, 7) is 0. The van der Waals surface area contributed by atoms with Gasteiger partial charge in [0.2, 0.25) is 0 Å². The number of aromatic nitrogens is 1. The van der Waals surface area contributed by atoms with Crippen LogP contribution in [-0.2, 0) is 6.18 Å². The fourth-order valence-corrected chi connectivity index (χ4v) is 1.45. The Labute approximate surface area is 85.5 Å². The van der Waals surface area contributed by atoms with Gasteiger partial charge in [-0.15, -0.1) is 0 Å². The van der Waals surface area contributed by atoms with Gasteiger partial charge in [-0.05, 0) is 12.1 Å². The van der Waals surface area contributed by atoms with Crippen molar-refractivity contribution < 1.29 is 17.6 Å². The third-order valence-electron chi connectivity index (χ3n) is 1.79. The molecule has 15 heavy (non-hydrogen) atoms.